The van der Waals surface area contributed by atoms with Gasteiger partial charge in [0.25, 0.3) is 0 Å². The maximum Gasteiger partial charge on any atom is 0.0849 e. The summed E-state index contributed by atoms with van der Waals surface area (Å²) in [5.74, 6) is 0.775. The molecule has 3 nitrogen and oxygen atoms in total. The van der Waals surface area contributed by atoms with Crippen LogP contribution in [0.25, 0.3) is 0 Å². The Bertz CT molecular complexity index is 165. The summed E-state index contributed by atoms with van der Waals surface area (Å²) in [7, 11) is 1.98. The summed E-state index contributed by atoms with van der Waals surface area (Å²) in [6.45, 7) is 5.37. The Kier molecular flexibility index (Phi) is 4.35. The number of nitrogens with one attached hydrogen (secondary N) is 1. The Morgan fingerprint density at radius 2 is 2.14 bits per heavy atom. The zero-order chi connectivity index (χ0) is 10.6. The van der Waals surface area contributed by atoms with Crippen molar-refractivity contribution >= 4 is 0 Å². The molecule has 0 spiro atoms. The largest absolute Gasteiger partial charge is 0.388 e. The Morgan fingerprint density at radius 1 is 1.50 bits per heavy atom. The van der Waals surface area contributed by atoms with Crippen molar-refractivity contribution in [3.8, 4) is 0 Å². The minimum absolute atomic E-state index is 0.381. The summed E-state index contributed by atoms with van der Waals surface area (Å²) >= 11 is 0. The third kappa shape index (κ3) is 3.56. The molecule has 14 heavy (non-hydrogen) atoms. The Hall–Kier alpha value is -0.120. The molecule has 0 amide bonds. The van der Waals surface area contributed by atoms with E-state index >= 15 is 0 Å². The molecule has 1 saturated carbocycles. The molecule has 0 radical (unpaired) electrons. The predicted octanol–water partition coefficient (Wildman–Crippen LogP) is 1.16. The Morgan fingerprint density at radius 3 is 2.64 bits per heavy atom. The van der Waals surface area contributed by atoms with Crippen LogP contribution in [0.3, 0.4) is 0 Å². The van der Waals surface area contributed by atoms with Crippen molar-refractivity contribution < 1.29 is 9.84 Å². The van der Waals surface area contributed by atoms with Crippen LogP contribution >= 0.6 is 0 Å². The molecule has 84 valence electrons. The van der Waals surface area contributed by atoms with Gasteiger partial charge in [-0.2, -0.15) is 0 Å². The van der Waals surface area contributed by atoms with Crippen LogP contribution in [0.2, 0.25) is 0 Å². The summed E-state index contributed by atoms with van der Waals surface area (Å²) in [5, 5.41) is 12.9. The summed E-state index contributed by atoms with van der Waals surface area (Å²) in [6, 6.07) is 0. The lowest BCUT2D eigenvalue weighted by Crippen LogP contribution is -2.40. The monoisotopic (exact) mass is 201 g/mol. The van der Waals surface area contributed by atoms with Crippen LogP contribution in [-0.4, -0.2) is 37.0 Å². The molecular weight excluding hydrogens is 178 g/mol. The highest BCUT2D eigenvalue weighted by Gasteiger charge is 2.31. The van der Waals surface area contributed by atoms with Crippen LogP contribution in [0, 0.1) is 5.92 Å². The van der Waals surface area contributed by atoms with E-state index in [2.05, 4.69) is 5.32 Å². The fourth-order valence-electron chi connectivity index (χ4n) is 1.67. The van der Waals surface area contributed by atoms with Crippen molar-refractivity contribution in [3.05, 3.63) is 0 Å². The summed E-state index contributed by atoms with van der Waals surface area (Å²) in [5.41, 5.74) is -0.645. The van der Waals surface area contributed by atoms with Crippen molar-refractivity contribution in [2.24, 2.45) is 5.92 Å². The van der Waals surface area contributed by atoms with Gasteiger partial charge in [-0.25, -0.2) is 0 Å². The number of hydrogen-bond acceptors (Lipinski definition) is 3. The molecule has 0 aliphatic heterocycles. The summed E-state index contributed by atoms with van der Waals surface area (Å²) in [6.07, 6.45) is 3.41. The number of aliphatic hydroxyl groups is 1. The van der Waals surface area contributed by atoms with E-state index < -0.39 is 5.60 Å². The van der Waals surface area contributed by atoms with E-state index in [-0.39, 0.29) is 0 Å². The quantitative estimate of drug-likeness (QED) is 0.677. The maximum atomic E-state index is 9.72. The highest BCUT2D eigenvalue weighted by molar-refractivity contribution is 4.82. The van der Waals surface area contributed by atoms with Gasteiger partial charge in [0.05, 0.1) is 18.3 Å². The van der Waals surface area contributed by atoms with Crippen LogP contribution in [0.4, 0.5) is 0 Å². The van der Waals surface area contributed by atoms with E-state index in [1.165, 1.54) is 0 Å². The first-order valence-electron chi connectivity index (χ1n) is 5.56. The molecule has 1 atom stereocenters. The maximum absolute atomic E-state index is 9.72. The Balaban J connectivity index is 2.06. The van der Waals surface area contributed by atoms with Gasteiger partial charge in [0.15, 0.2) is 0 Å². The lowest BCUT2D eigenvalue weighted by atomic mass is 9.82. The number of hydrogen-bond donors (Lipinski definition) is 2. The molecule has 1 unspecified atom stereocenters. The normalized spacial score (nSPS) is 30.9. The number of ether oxygens (including phenoxy) is 1. The third-order valence-corrected chi connectivity index (χ3v) is 3.08. The van der Waals surface area contributed by atoms with Gasteiger partial charge < -0.3 is 15.2 Å². The van der Waals surface area contributed by atoms with Gasteiger partial charge in [0, 0.05) is 0 Å². The zero-order valence-corrected chi connectivity index (χ0v) is 9.55. The van der Waals surface area contributed by atoms with Crippen LogP contribution < -0.4 is 5.32 Å². The Labute approximate surface area is 86.8 Å². The van der Waals surface area contributed by atoms with Crippen LogP contribution in [0.15, 0.2) is 0 Å². The molecule has 0 heterocycles. The van der Waals surface area contributed by atoms with Crippen LogP contribution in [-0.2, 0) is 4.74 Å². The van der Waals surface area contributed by atoms with E-state index in [0.29, 0.717) is 12.7 Å². The second-order valence-corrected chi connectivity index (χ2v) is 4.68. The van der Waals surface area contributed by atoms with Crippen molar-refractivity contribution in [1.29, 1.82) is 0 Å². The minimum atomic E-state index is -0.645. The molecule has 1 aliphatic rings. The van der Waals surface area contributed by atoms with E-state index in [9.17, 15) is 5.11 Å². The van der Waals surface area contributed by atoms with Crippen molar-refractivity contribution in [1.82, 2.24) is 5.32 Å². The molecule has 3 heteroatoms. The second kappa shape index (κ2) is 5.10. The van der Waals surface area contributed by atoms with E-state index in [1.54, 1.807) is 0 Å². The molecule has 0 aromatic carbocycles. The van der Waals surface area contributed by atoms with E-state index in [1.807, 2.05) is 20.9 Å². The fraction of sp³-hybridized carbons (Fsp3) is 1.00. The third-order valence-electron chi connectivity index (χ3n) is 3.08. The topological polar surface area (TPSA) is 41.5 Å². The van der Waals surface area contributed by atoms with Gasteiger partial charge in [0.2, 0.25) is 0 Å². The zero-order valence-electron chi connectivity index (χ0n) is 9.55. The lowest BCUT2D eigenvalue weighted by molar-refractivity contribution is -0.0992. The summed E-state index contributed by atoms with van der Waals surface area (Å²) in [4.78, 5) is 0. The van der Waals surface area contributed by atoms with Gasteiger partial charge in [-0.1, -0.05) is 6.92 Å². The molecule has 1 rings (SSSR count). The predicted molar refractivity (Wildman–Crippen MR) is 57.3 cm³/mol. The second-order valence-electron chi connectivity index (χ2n) is 4.68. The van der Waals surface area contributed by atoms with E-state index in [4.69, 9.17) is 4.74 Å². The molecular formula is C11H23NO2. The van der Waals surface area contributed by atoms with Crippen molar-refractivity contribution in [2.45, 2.75) is 44.8 Å². The minimum Gasteiger partial charge on any atom is -0.388 e. The molecule has 0 saturated heterocycles. The van der Waals surface area contributed by atoms with Gasteiger partial charge >= 0.3 is 0 Å². The first kappa shape index (κ1) is 12.0. The van der Waals surface area contributed by atoms with Gasteiger partial charge in [-0.3, -0.25) is 0 Å². The molecule has 1 aliphatic carbocycles. The SMILES string of the molecule is CCC(C)(O)COC1CC(CNC)C1. The molecule has 0 aromatic heterocycles. The van der Waals surface area contributed by atoms with Crippen molar-refractivity contribution in [2.75, 3.05) is 20.2 Å². The first-order valence-corrected chi connectivity index (χ1v) is 5.56. The number of rotatable bonds is 6. The average molecular weight is 201 g/mol. The van der Waals surface area contributed by atoms with Crippen LogP contribution in [0.1, 0.15) is 33.1 Å². The summed E-state index contributed by atoms with van der Waals surface area (Å²) < 4.78 is 5.63. The van der Waals surface area contributed by atoms with Crippen LogP contribution in [0.5, 0.6) is 0 Å². The first-order chi connectivity index (χ1) is 6.57. The highest BCUT2D eigenvalue weighted by Crippen LogP contribution is 2.30. The molecule has 1 fully saturated rings. The van der Waals surface area contributed by atoms with Gasteiger partial charge in [-0.05, 0) is 45.7 Å². The fourth-order valence-corrected chi connectivity index (χ4v) is 1.67. The standard InChI is InChI=1S/C11H23NO2/c1-4-11(2,13)8-14-10-5-9(6-10)7-12-3/h9-10,12-13H,4-8H2,1-3H3. The molecule has 0 aromatic rings. The lowest BCUT2D eigenvalue weighted by Gasteiger charge is -2.36. The molecule has 2 N–H and O–H groups in total. The average Bonchev–Trinajstić information content (AvgIpc) is 2.09. The van der Waals surface area contributed by atoms with Gasteiger partial charge in [0.1, 0.15) is 0 Å². The molecule has 0 bridgehead atoms. The highest BCUT2D eigenvalue weighted by atomic mass is 16.5. The van der Waals surface area contributed by atoms with Gasteiger partial charge in [-0.15, -0.1) is 0 Å². The smallest absolute Gasteiger partial charge is 0.0849 e. The van der Waals surface area contributed by atoms with E-state index in [0.717, 1.165) is 31.7 Å². The van der Waals surface area contributed by atoms with Crippen molar-refractivity contribution in [3.63, 3.8) is 0 Å².